The van der Waals surface area contributed by atoms with Crippen LogP contribution in [0.2, 0.25) is 0 Å². The molecule has 0 aliphatic rings. The molecule has 0 saturated carbocycles. The van der Waals surface area contributed by atoms with E-state index < -0.39 is 0 Å². The first-order valence-corrected chi connectivity index (χ1v) is 5.59. The van der Waals surface area contributed by atoms with E-state index in [0.717, 1.165) is 13.0 Å². The van der Waals surface area contributed by atoms with Gasteiger partial charge in [0, 0.05) is 25.5 Å². The Morgan fingerprint density at radius 3 is 3.06 bits per heavy atom. The fraction of sp³-hybridized carbons (Fsp3) is 0.273. The highest BCUT2D eigenvalue weighted by atomic mass is 16.1. The zero-order valence-corrected chi connectivity index (χ0v) is 9.78. The summed E-state index contributed by atoms with van der Waals surface area (Å²) in [6, 6.07) is 1.86. The Labute approximate surface area is 104 Å². The minimum Gasteiger partial charge on any atom is -0.382 e. The fourth-order valence-corrected chi connectivity index (χ4v) is 1.46. The number of aromatic nitrogens is 4. The SMILES string of the molecule is Nc1cncc(C(=O)NCCCn2cccn2)n1. The summed E-state index contributed by atoms with van der Waals surface area (Å²) in [4.78, 5) is 19.4. The Morgan fingerprint density at radius 1 is 1.44 bits per heavy atom. The lowest BCUT2D eigenvalue weighted by molar-refractivity contribution is 0.0947. The number of hydrogen-bond donors (Lipinski definition) is 2. The van der Waals surface area contributed by atoms with Gasteiger partial charge in [-0.2, -0.15) is 5.10 Å². The minimum atomic E-state index is -0.268. The second kappa shape index (κ2) is 5.76. The first-order chi connectivity index (χ1) is 8.75. The van der Waals surface area contributed by atoms with Crippen LogP contribution >= 0.6 is 0 Å². The summed E-state index contributed by atoms with van der Waals surface area (Å²) in [5.74, 6) is -0.0329. The van der Waals surface area contributed by atoms with Crippen LogP contribution < -0.4 is 11.1 Å². The van der Waals surface area contributed by atoms with E-state index in [2.05, 4.69) is 20.4 Å². The van der Waals surface area contributed by atoms with Gasteiger partial charge < -0.3 is 11.1 Å². The molecule has 2 aromatic heterocycles. The Bertz CT molecular complexity index is 510. The normalized spacial score (nSPS) is 10.2. The molecule has 0 spiro atoms. The molecule has 0 atom stereocenters. The van der Waals surface area contributed by atoms with Crippen molar-refractivity contribution < 1.29 is 4.79 Å². The van der Waals surface area contributed by atoms with Crippen LogP contribution in [0.5, 0.6) is 0 Å². The summed E-state index contributed by atoms with van der Waals surface area (Å²) in [7, 11) is 0. The van der Waals surface area contributed by atoms with E-state index in [1.54, 1.807) is 6.20 Å². The van der Waals surface area contributed by atoms with Crippen LogP contribution in [0.1, 0.15) is 16.9 Å². The van der Waals surface area contributed by atoms with Crippen LogP contribution in [0.15, 0.2) is 30.9 Å². The number of carbonyl (C=O) groups excluding carboxylic acids is 1. The average molecular weight is 246 g/mol. The molecule has 0 saturated heterocycles. The second-order valence-electron chi connectivity index (χ2n) is 3.71. The number of nitrogens with one attached hydrogen (secondary N) is 1. The third-order valence-corrected chi connectivity index (χ3v) is 2.29. The van der Waals surface area contributed by atoms with Crippen molar-refractivity contribution in [3.05, 3.63) is 36.5 Å². The van der Waals surface area contributed by atoms with Crippen molar-refractivity contribution in [2.45, 2.75) is 13.0 Å². The molecule has 3 N–H and O–H groups in total. The number of aryl methyl sites for hydroxylation is 1. The van der Waals surface area contributed by atoms with Crippen molar-refractivity contribution in [3.8, 4) is 0 Å². The van der Waals surface area contributed by atoms with Gasteiger partial charge in [-0.3, -0.25) is 14.5 Å². The molecule has 0 aliphatic carbocycles. The summed E-state index contributed by atoms with van der Waals surface area (Å²) in [6.45, 7) is 1.31. The number of hydrogen-bond acceptors (Lipinski definition) is 5. The number of nitrogens with two attached hydrogens (primary N) is 1. The summed E-state index contributed by atoms with van der Waals surface area (Å²) in [6.07, 6.45) is 7.18. The highest BCUT2D eigenvalue weighted by Crippen LogP contribution is 1.97. The third kappa shape index (κ3) is 3.27. The molecule has 2 heterocycles. The largest absolute Gasteiger partial charge is 0.382 e. The molecule has 0 aliphatic heterocycles. The smallest absolute Gasteiger partial charge is 0.271 e. The van der Waals surface area contributed by atoms with Crippen LogP contribution in [0, 0.1) is 0 Å². The molecule has 0 fully saturated rings. The maximum Gasteiger partial charge on any atom is 0.271 e. The number of nitrogen functional groups attached to an aromatic ring is 1. The van der Waals surface area contributed by atoms with Gasteiger partial charge >= 0.3 is 0 Å². The van der Waals surface area contributed by atoms with Gasteiger partial charge in [-0.1, -0.05) is 0 Å². The van der Waals surface area contributed by atoms with Crippen LogP contribution in [0.3, 0.4) is 0 Å². The summed E-state index contributed by atoms with van der Waals surface area (Å²) >= 11 is 0. The molecule has 0 unspecified atom stereocenters. The molecule has 18 heavy (non-hydrogen) atoms. The maximum absolute atomic E-state index is 11.7. The van der Waals surface area contributed by atoms with Gasteiger partial charge in [-0.15, -0.1) is 0 Å². The number of anilines is 1. The van der Waals surface area contributed by atoms with E-state index in [4.69, 9.17) is 5.73 Å². The summed E-state index contributed by atoms with van der Waals surface area (Å²) in [5.41, 5.74) is 5.68. The minimum absolute atomic E-state index is 0.231. The zero-order valence-electron chi connectivity index (χ0n) is 9.78. The predicted octanol–water partition coefficient (Wildman–Crippen LogP) is 0.0754. The van der Waals surface area contributed by atoms with E-state index >= 15 is 0 Å². The molecule has 2 rings (SSSR count). The molecule has 0 bridgehead atoms. The monoisotopic (exact) mass is 246 g/mol. The van der Waals surface area contributed by atoms with Gasteiger partial charge in [0.1, 0.15) is 11.5 Å². The standard InChI is InChI=1S/C11H14N6O/c12-10-8-13-7-9(16-10)11(18)14-3-1-5-17-6-2-4-15-17/h2,4,6-8H,1,3,5H2,(H2,12,16)(H,14,18). The van der Waals surface area contributed by atoms with E-state index in [0.29, 0.717) is 6.54 Å². The molecule has 0 radical (unpaired) electrons. The Morgan fingerprint density at radius 2 is 2.33 bits per heavy atom. The second-order valence-corrected chi connectivity index (χ2v) is 3.71. The predicted molar refractivity (Wildman–Crippen MR) is 65.6 cm³/mol. The molecule has 2 aromatic rings. The number of nitrogens with zero attached hydrogens (tertiary/aromatic N) is 4. The Kier molecular flexibility index (Phi) is 3.85. The Balaban J connectivity index is 1.75. The molecule has 7 nitrogen and oxygen atoms in total. The lowest BCUT2D eigenvalue weighted by Crippen LogP contribution is -2.26. The molecule has 0 aromatic carbocycles. The Hall–Kier alpha value is -2.44. The van der Waals surface area contributed by atoms with Gasteiger partial charge in [0.15, 0.2) is 0 Å². The summed E-state index contributed by atoms with van der Waals surface area (Å²) in [5, 5.41) is 6.82. The van der Waals surface area contributed by atoms with Gasteiger partial charge in [0.2, 0.25) is 0 Å². The third-order valence-electron chi connectivity index (χ3n) is 2.29. The highest BCUT2D eigenvalue weighted by molar-refractivity contribution is 5.92. The van der Waals surface area contributed by atoms with E-state index in [-0.39, 0.29) is 17.4 Å². The lowest BCUT2D eigenvalue weighted by atomic mass is 10.3. The number of carbonyl (C=O) groups is 1. The van der Waals surface area contributed by atoms with Crippen molar-refractivity contribution in [1.29, 1.82) is 0 Å². The number of rotatable bonds is 5. The highest BCUT2D eigenvalue weighted by Gasteiger charge is 2.06. The van der Waals surface area contributed by atoms with Gasteiger partial charge in [0.25, 0.3) is 5.91 Å². The van der Waals surface area contributed by atoms with Gasteiger partial charge in [-0.05, 0) is 12.5 Å². The van der Waals surface area contributed by atoms with Crippen molar-refractivity contribution >= 4 is 11.7 Å². The van der Waals surface area contributed by atoms with Crippen LogP contribution in [0.25, 0.3) is 0 Å². The van der Waals surface area contributed by atoms with Crippen molar-refractivity contribution in [2.24, 2.45) is 0 Å². The maximum atomic E-state index is 11.7. The van der Waals surface area contributed by atoms with Gasteiger partial charge in [0.05, 0.1) is 12.4 Å². The topological polar surface area (TPSA) is 98.7 Å². The van der Waals surface area contributed by atoms with E-state index in [1.807, 2.05) is 16.9 Å². The van der Waals surface area contributed by atoms with Gasteiger partial charge in [-0.25, -0.2) is 4.98 Å². The lowest BCUT2D eigenvalue weighted by Gasteiger charge is -2.05. The van der Waals surface area contributed by atoms with Crippen molar-refractivity contribution in [1.82, 2.24) is 25.1 Å². The van der Waals surface area contributed by atoms with Crippen molar-refractivity contribution in [2.75, 3.05) is 12.3 Å². The molecule has 1 amide bonds. The van der Waals surface area contributed by atoms with E-state index in [1.165, 1.54) is 12.4 Å². The zero-order chi connectivity index (χ0) is 12.8. The fourth-order valence-electron chi connectivity index (χ4n) is 1.46. The first-order valence-electron chi connectivity index (χ1n) is 5.59. The molecule has 7 heteroatoms. The van der Waals surface area contributed by atoms with Crippen LogP contribution in [-0.4, -0.2) is 32.2 Å². The average Bonchev–Trinajstić information content (AvgIpc) is 2.87. The van der Waals surface area contributed by atoms with Crippen molar-refractivity contribution in [3.63, 3.8) is 0 Å². The molecular weight excluding hydrogens is 232 g/mol. The molecule has 94 valence electrons. The van der Waals surface area contributed by atoms with Crippen LogP contribution in [0.4, 0.5) is 5.82 Å². The quantitative estimate of drug-likeness (QED) is 0.728. The van der Waals surface area contributed by atoms with Crippen LogP contribution in [-0.2, 0) is 6.54 Å². The number of amides is 1. The van der Waals surface area contributed by atoms with E-state index in [9.17, 15) is 4.79 Å². The molecular formula is C11H14N6O. The first kappa shape index (κ1) is 12.0. The summed E-state index contributed by atoms with van der Waals surface area (Å²) < 4.78 is 1.81.